The maximum Gasteiger partial charge on any atom is 0.344 e. The molecule has 7 nitrogen and oxygen atoms in total. The Bertz CT molecular complexity index is 1050. The topological polar surface area (TPSA) is 102 Å². The molecule has 0 fully saturated rings. The molecule has 0 aliphatic carbocycles. The molecule has 152 valence electrons. The molecule has 0 heterocycles. The number of non-ortho nitro benzene ring substituents is 1. The first kappa shape index (κ1) is 21.1. The zero-order valence-electron chi connectivity index (χ0n) is 16.0. The number of nitro groups is 1. The second-order valence-corrected chi connectivity index (χ2v) is 7.42. The van der Waals surface area contributed by atoms with Crippen molar-refractivity contribution in [1.29, 1.82) is 0 Å². The van der Waals surface area contributed by atoms with Crippen molar-refractivity contribution in [2.75, 3.05) is 0 Å². The standard InChI is InChI=1S/C22H18N2O5S/c1-15(22(25)26)29-19-8-2-16(3-9-19)14-23-17-4-10-20(11-5-17)30-21-12-6-18(7-13-21)24(27)28/h2-15H,1H3,(H,25,26)/t15-/m0/s1. The molecule has 0 radical (unpaired) electrons. The van der Waals surface area contributed by atoms with Gasteiger partial charge >= 0.3 is 5.97 Å². The number of hydrogen-bond acceptors (Lipinski definition) is 6. The van der Waals surface area contributed by atoms with Crippen molar-refractivity contribution in [2.45, 2.75) is 22.8 Å². The van der Waals surface area contributed by atoms with Crippen LogP contribution in [-0.4, -0.2) is 28.3 Å². The Morgan fingerprint density at radius 3 is 2.13 bits per heavy atom. The van der Waals surface area contributed by atoms with E-state index in [-0.39, 0.29) is 5.69 Å². The van der Waals surface area contributed by atoms with Gasteiger partial charge in [-0.15, -0.1) is 0 Å². The highest BCUT2D eigenvalue weighted by Crippen LogP contribution is 2.30. The molecule has 0 saturated heterocycles. The van der Waals surface area contributed by atoms with Crippen LogP contribution in [0.5, 0.6) is 5.75 Å². The summed E-state index contributed by atoms with van der Waals surface area (Å²) in [5.74, 6) is -0.537. The minimum Gasteiger partial charge on any atom is -0.479 e. The molecule has 8 heteroatoms. The van der Waals surface area contributed by atoms with Crippen molar-refractivity contribution in [3.05, 3.63) is 88.5 Å². The second-order valence-electron chi connectivity index (χ2n) is 6.27. The monoisotopic (exact) mass is 422 g/mol. The number of aliphatic imine (C=N–C) groups is 1. The maximum absolute atomic E-state index is 10.8. The van der Waals surface area contributed by atoms with Gasteiger partial charge in [0.25, 0.3) is 5.69 Å². The summed E-state index contributed by atoms with van der Waals surface area (Å²) in [6, 6.07) is 21.0. The molecule has 1 atom stereocenters. The summed E-state index contributed by atoms with van der Waals surface area (Å²) in [5.41, 5.74) is 1.71. The van der Waals surface area contributed by atoms with Gasteiger partial charge in [0.1, 0.15) is 5.75 Å². The largest absolute Gasteiger partial charge is 0.479 e. The molecule has 0 bridgehead atoms. The Hall–Kier alpha value is -3.65. The summed E-state index contributed by atoms with van der Waals surface area (Å²) in [6.07, 6.45) is 0.801. The van der Waals surface area contributed by atoms with E-state index in [1.165, 1.54) is 30.8 Å². The molecule has 0 spiro atoms. The average molecular weight is 422 g/mol. The molecule has 30 heavy (non-hydrogen) atoms. The molecule has 0 amide bonds. The number of rotatable bonds is 8. The van der Waals surface area contributed by atoms with E-state index < -0.39 is 17.0 Å². The molecule has 0 saturated carbocycles. The quantitative estimate of drug-likeness (QED) is 0.298. The Balaban J connectivity index is 1.59. The summed E-state index contributed by atoms with van der Waals surface area (Å²) in [4.78, 5) is 27.5. The minimum absolute atomic E-state index is 0.0695. The van der Waals surface area contributed by atoms with Crippen LogP contribution in [0.25, 0.3) is 0 Å². The number of carboxylic acids is 1. The van der Waals surface area contributed by atoms with E-state index in [0.29, 0.717) is 5.75 Å². The number of nitrogens with zero attached hydrogens (tertiary/aromatic N) is 2. The predicted molar refractivity (Wildman–Crippen MR) is 115 cm³/mol. The maximum atomic E-state index is 10.8. The summed E-state index contributed by atoms with van der Waals surface area (Å²) < 4.78 is 5.29. The first-order valence-corrected chi connectivity index (χ1v) is 9.78. The van der Waals surface area contributed by atoms with Crippen molar-refractivity contribution >= 4 is 35.3 Å². The van der Waals surface area contributed by atoms with Gasteiger partial charge in [-0.05, 0) is 73.2 Å². The van der Waals surface area contributed by atoms with Crippen LogP contribution in [0.1, 0.15) is 12.5 Å². The fourth-order valence-corrected chi connectivity index (χ4v) is 3.22. The molecule has 1 N–H and O–H groups in total. The van der Waals surface area contributed by atoms with Gasteiger partial charge in [0.15, 0.2) is 6.10 Å². The fraction of sp³-hybridized carbons (Fsp3) is 0.0909. The number of carbonyl (C=O) groups is 1. The van der Waals surface area contributed by atoms with Crippen LogP contribution >= 0.6 is 11.8 Å². The van der Waals surface area contributed by atoms with Gasteiger partial charge in [0.2, 0.25) is 0 Å². The molecule has 0 aromatic heterocycles. The second kappa shape index (κ2) is 9.71. The lowest BCUT2D eigenvalue weighted by molar-refractivity contribution is -0.384. The van der Waals surface area contributed by atoms with Crippen LogP contribution in [0.2, 0.25) is 0 Å². The lowest BCUT2D eigenvalue weighted by atomic mass is 10.2. The molecule has 3 rings (SSSR count). The smallest absolute Gasteiger partial charge is 0.344 e. The van der Waals surface area contributed by atoms with E-state index in [1.807, 2.05) is 24.3 Å². The first-order valence-electron chi connectivity index (χ1n) is 8.97. The van der Waals surface area contributed by atoms with Gasteiger partial charge in [-0.3, -0.25) is 15.1 Å². The molecule has 0 aliphatic heterocycles. The van der Waals surface area contributed by atoms with Crippen LogP contribution in [0.4, 0.5) is 11.4 Å². The minimum atomic E-state index is -1.02. The third-order valence-corrected chi connectivity index (χ3v) is 5.04. The number of hydrogen-bond donors (Lipinski definition) is 1. The molecular formula is C22H18N2O5S. The lowest BCUT2D eigenvalue weighted by Crippen LogP contribution is -2.22. The van der Waals surface area contributed by atoms with Crippen LogP contribution in [0.3, 0.4) is 0 Å². The average Bonchev–Trinajstić information content (AvgIpc) is 2.74. The lowest BCUT2D eigenvalue weighted by Gasteiger charge is -2.09. The van der Waals surface area contributed by atoms with Gasteiger partial charge in [-0.25, -0.2) is 4.79 Å². The van der Waals surface area contributed by atoms with Gasteiger partial charge in [0, 0.05) is 28.1 Å². The summed E-state index contributed by atoms with van der Waals surface area (Å²) in [6.45, 7) is 1.47. The number of benzene rings is 3. The molecule has 3 aromatic carbocycles. The van der Waals surface area contributed by atoms with Crippen molar-refractivity contribution in [3.8, 4) is 5.75 Å². The normalized spacial score (nSPS) is 11.9. The third-order valence-electron chi connectivity index (χ3n) is 4.02. The van der Waals surface area contributed by atoms with E-state index in [9.17, 15) is 14.9 Å². The number of nitro benzene ring substituents is 1. The van der Waals surface area contributed by atoms with Crippen molar-refractivity contribution < 1.29 is 19.6 Å². The van der Waals surface area contributed by atoms with E-state index >= 15 is 0 Å². The highest BCUT2D eigenvalue weighted by molar-refractivity contribution is 7.99. The van der Waals surface area contributed by atoms with E-state index in [0.717, 1.165) is 21.0 Å². The Morgan fingerprint density at radius 2 is 1.60 bits per heavy atom. The SMILES string of the molecule is C[C@H](Oc1ccc(C=Nc2ccc(Sc3ccc([N+](=O)[O-])cc3)cc2)cc1)C(=O)O. The van der Waals surface area contributed by atoms with Crippen molar-refractivity contribution in [1.82, 2.24) is 0 Å². The first-order chi connectivity index (χ1) is 14.4. The Morgan fingerprint density at radius 1 is 1.03 bits per heavy atom. The van der Waals surface area contributed by atoms with Gasteiger partial charge in [-0.1, -0.05) is 11.8 Å². The Labute approximate surface area is 177 Å². The van der Waals surface area contributed by atoms with Crippen LogP contribution < -0.4 is 4.74 Å². The number of carboxylic acid groups (broad SMARTS) is 1. The van der Waals surface area contributed by atoms with Gasteiger partial charge < -0.3 is 9.84 Å². The van der Waals surface area contributed by atoms with E-state index in [2.05, 4.69) is 4.99 Å². The van der Waals surface area contributed by atoms with Crippen LogP contribution in [0, 0.1) is 10.1 Å². The summed E-state index contributed by atoms with van der Waals surface area (Å²) >= 11 is 1.51. The van der Waals surface area contributed by atoms with Gasteiger partial charge in [0.05, 0.1) is 10.6 Å². The van der Waals surface area contributed by atoms with Crippen LogP contribution in [-0.2, 0) is 4.79 Å². The van der Waals surface area contributed by atoms with Gasteiger partial charge in [-0.2, -0.15) is 0 Å². The summed E-state index contributed by atoms with van der Waals surface area (Å²) in [5, 5.41) is 19.6. The molecule has 0 unspecified atom stereocenters. The molecular weight excluding hydrogens is 404 g/mol. The third kappa shape index (κ3) is 5.92. The van der Waals surface area contributed by atoms with Crippen molar-refractivity contribution in [2.24, 2.45) is 4.99 Å². The zero-order valence-corrected chi connectivity index (χ0v) is 16.8. The Kier molecular flexibility index (Phi) is 6.82. The number of ether oxygens (including phenoxy) is 1. The number of aliphatic carboxylic acids is 1. The van der Waals surface area contributed by atoms with Crippen molar-refractivity contribution in [3.63, 3.8) is 0 Å². The highest BCUT2D eigenvalue weighted by atomic mass is 32.2. The fourth-order valence-electron chi connectivity index (χ4n) is 2.41. The predicted octanol–water partition coefficient (Wildman–Crippen LogP) is 5.35. The zero-order chi connectivity index (χ0) is 21.5. The van der Waals surface area contributed by atoms with E-state index in [4.69, 9.17) is 9.84 Å². The summed E-state index contributed by atoms with van der Waals surface area (Å²) in [7, 11) is 0. The van der Waals surface area contributed by atoms with Crippen LogP contribution in [0.15, 0.2) is 87.6 Å². The molecule has 0 aliphatic rings. The molecule has 3 aromatic rings. The highest BCUT2D eigenvalue weighted by Gasteiger charge is 2.11. The van der Waals surface area contributed by atoms with E-state index in [1.54, 1.807) is 42.6 Å².